The van der Waals surface area contributed by atoms with Crippen molar-refractivity contribution in [3.8, 4) is 28.2 Å². The monoisotopic (exact) mass is 355 g/mol. The van der Waals surface area contributed by atoms with Gasteiger partial charge in [-0.3, -0.25) is 4.79 Å². The van der Waals surface area contributed by atoms with Gasteiger partial charge in [-0.25, -0.2) is 4.68 Å². The van der Waals surface area contributed by atoms with Crippen molar-refractivity contribution in [2.45, 2.75) is 20.3 Å². The molecule has 0 bridgehead atoms. The van der Waals surface area contributed by atoms with Crippen molar-refractivity contribution in [1.82, 2.24) is 14.8 Å². The second kappa shape index (κ2) is 7.08. The van der Waals surface area contributed by atoms with Crippen molar-refractivity contribution in [2.24, 2.45) is 0 Å². The van der Waals surface area contributed by atoms with E-state index in [-0.39, 0.29) is 5.56 Å². The largest absolute Gasteiger partial charge is 0.326 e. The molecule has 0 aliphatic carbocycles. The Morgan fingerprint density at radius 1 is 0.963 bits per heavy atom. The van der Waals surface area contributed by atoms with Gasteiger partial charge in [-0.05, 0) is 43.2 Å². The summed E-state index contributed by atoms with van der Waals surface area (Å²) >= 11 is 0. The van der Waals surface area contributed by atoms with Crippen LogP contribution in [0.5, 0.6) is 0 Å². The maximum atomic E-state index is 12.5. The van der Waals surface area contributed by atoms with Gasteiger partial charge in [0.2, 0.25) is 0 Å². The first-order chi connectivity index (χ1) is 13.2. The molecule has 0 atom stereocenters. The maximum Gasteiger partial charge on any atom is 0.257 e. The summed E-state index contributed by atoms with van der Waals surface area (Å²) in [7, 11) is 0. The highest BCUT2D eigenvalue weighted by atomic mass is 16.1. The minimum absolute atomic E-state index is 0.122. The highest BCUT2D eigenvalue weighted by Gasteiger charge is 2.16. The molecular formula is C23H21N3O. The maximum absolute atomic E-state index is 12.5. The Hall–Kier alpha value is -3.40. The van der Waals surface area contributed by atoms with E-state index in [4.69, 9.17) is 5.10 Å². The summed E-state index contributed by atoms with van der Waals surface area (Å²) in [6.07, 6.45) is 0.907. The van der Waals surface area contributed by atoms with E-state index in [1.54, 1.807) is 0 Å². The van der Waals surface area contributed by atoms with Crippen molar-refractivity contribution in [3.63, 3.8) is 0 Å². The van der Waals surface area contributed by atoms with Gasteiger partial charge in [0, 0.05) is 11.3 Å². The molecule has 0 unspecified atom stereocenters. The number of para-hydroxylation sites is 1. The highest BCUT2D eigenvalue weighted by Crippen LogP contribution is 2.29. The summed E-state index contributed by atoms with van der Waals surface area (Å²) in [4.78, 5) is 15.3. The van der Waals surface area contributed by atoms with Crippen LogP contribution < -0.4 is 5.56 Å². The molecule has 2 aromatic heterocycles. The average Bonchev–Trinajstić information content (AvgIpc) is 3.13. The molecule has 0 spiro atoms. The number of H-pyrrole nitrogens is 1. The molecule has 0 aliphatic heterocycles. The molecule has 4 rings (SSSR count). The molecule has 0 radical (unpaired) electrons. The van der Waals surface area contributed by atoms with E-state index in [9.17, 15) is 4.79 Å². The van der Waals surface area contributed by atoms with Gasteiger partial charge in [0.1, 0.15) is 0 Å². The lowest BCUT2D eigenvalue weighted by Crippen LogP contribution is -2.10. The second-order valence-electron chi connectivity index (χ2n) is 6.56. The number of hydrogen-bond donors (Lipinski definition) is 1. The lowest BCUT2D eigenvalue weighted by molar-refractivity contribution is 0.872. The van der Waals surface area contributed by atoms with E-state index in [2.05, 4.69) is 36.2 Å². The Morgan fingerprint density at radius 2 is 1.70 bits per heavy atom. The first-order valence-electron chi connectivity index (χ1n) is 9.11. The van der Waals surface area contributed by atoms with E-state index in [1.165, 1.54) is 5.56 Å². The van der Waals surface area contributed by atoms with Gasteiger partial charge < -0.3 is 4.98 Å². The fourth-order valence-corrected chi connectivity index (χ4v) is 3.30. The zero-order chi connectivity index (χ0) is 18.8. The van der Waals surface area contributed by atoms with Gasteiger partial charge in [-0.2, -0.15) is 5.10 Å². The summed E-state index contributed by atoms with van der Waals surface area (Å²) in [5.41, 5.74) is 6.23. The minimum Gasteiger partial charge on any atom is -0.326 e. The Bertz CT molecular complexity index is 1140. The predicted octanol–water partition coefficient (Wildman–Crippen LogP) is 4.77. The van der Waals surface area contributed by atoms with Crippen LogP contribution in [0.3, 0.4) is 0 Å². The average molecular weight is 355 g/mol. The minimum atomic E-state index is -0.122. The zero-order valence-corrected chi connectivity index (χ0v) is 15.4. The molecule has 134 valence electrons. The van der Waals surface area contributed by atoms with E-state index in [1.807, 2.05) is 60.1 Å². The van der Waals surface area contributed by atoms with Crippen LogP contribution in [0.1, 0.15) is 18.2 Å². The third-order valence-electron chi connectivity index (χ3n) is 4.71. The van der Waals surface area contributed by atoms with E-state index < -0.39 is 0 Å². The van der Waals surface area contributed by atoms with Gasteiger partial charge in [-0.1, -0.05) is 55.5 Å². The van der Waals surface area contributed by atoms with Crippen LogP contribution in [0.25, 0.3) is 28.2 Å². The molecule has 0 fully saturated rings. The van der Waals surface area contributed by atoms with Crippen molar-refractivity contribution in [1.29, 1.82) is 0 Å². The van der Waals surface area contributed by atoms with Crippen LogP contribution in [0.2, 0.25) is 0 Å². The fourth-order valence-electron chi connectivity index (χ4n) is 3.30. The summed E-state index contributed by atoms with van der Waals surface area (Å²) in [5.74, 6) is 0. The SMILES string of the molecule is CCc1ccccc1-n1nc(-c2ccc(C)[nH]c2=O)cc1-c1ccccc1. The normalized spacial score (nSPS) is 10.9. The van der Waals surface area contributed by atoms with Crippen molar-refractivity contribution in [3.05, 3.63) is 94.4 Å². The Morgan fingerprint density at radius 3 is 2.44 bits per heavy atom. The van der Waals surface area contributed by atoms with Crippen molar-refractivity contribution >= 4 is 0 Å². The Kier molecular flexibility index (Phi) is 4.47. The van der Waals surface area contributed by atoms with Crippen LogP contribution in [-0.2, 0) is 6.42 Å². The number of benzene rings is 2. The van der Waals surface area contributed by atoms with Crippen molar-refractivity contribution < 1.29 is 0 Å². The topological polar surface area (TPSA) is 50.7 Å². The fraction of sp³-hybridized carbons (Fsp3) is 0.130. The summed E-state index contributed by atoms with van der Waals surface area (Å²) in [6, 6.07) is 24.1. The van der Waals surface area contributed by atoms with E-state index in [0.717, 1.165) is 29.1 Å². The molecule has 0 saturated carbocycles. The van der Waals surface area contributed by atoms with Gasteiger partial charge in [0.15, 0.2) is 0 Å². The highest BCUT2D eigenvalue weighted by molar-refractivity contribution is 5.70. The third-order valence-corrected chi connectivity index (χ3v) is 4.71. The van der Waals surface area contributed by atoms with Crippen LogP contribution in [0.4, 0.5) is 0 Å². The number of aryl methyl sites for hydroxylation is 2. The standard InChI is InChI=1S/C23H21N3O/c1-3-17-9-7-8-12-21(17)26-22(18-10-5-4-6-11-18)15-20(25-26)19-14-13-16(2)24-23(19)27/h4-15H,3H2,1-2H3,(H,24,27). The number of pyridine rings is 1. The Labute approximate surface area is 158 Å². The molecule has 27 heavy (non-hydrogen) atoms. The summed E-state index contributed by atoms with van der Waals surface area (Å²) in [6.45, 7) is 4.01. The number of hydrogen-bond acceptors (Lipinski definition) is 2. The lowest BCUT2D eigenvalue weighted by Gasteiger charge is -2.11. The predicted molar refractivity (Wildman–Crippen MR) is 109 cm³/mol. The quantitative estimate of drug-likeness (QED) is 0.573. The number of rotatable bonds is 4. The van der Waals surface area contributed by atoms with Crippen LogP contribution in [0, 0.1) is 6.92 Å². The lowest BCUT2D eigenvalue weighted by atomic mass is 10.1. The Balaban J connectivity index is 1.97. The van der Waals surface area contributed by atoms with Gasteiger partial charge in [-0.15, -0.1) is 0 Å². The number of aromatic nitrogens is 3. The molecule has 0 aliphatic rings. The van der Waals surface area contributed by atoms with E-state index in [0.29, 0.717) is 11.3 Å². The van der Waals surface area contributed by atoms with Crippen LogP contribution in [-0.4, -0.2) is 14.8 Å². The first kappa shape index (κ1) is 17.0. The van der Waals surface area contributed by atoms with Crippen LogP contribution >= 0.6 is 0 Å². The third kappa shape index (κ3) is 3.22. The summed E-state index contributed by atoms with van der Waals surface area (Å²) < 4.78 is 1.95. The summed E-state index contributed by atoms with van der Waals surface area (Å²) in [5, 5.41) is 4.82. The van der Waals surface area contributed by atoms with Crippen molar-refractivity contribution in [2.75, 3.05) is 0 Å². The number of aromatic amines is 1. The molecule has 0 amide bonds. The molecular weight excluding hydrogens is 334 g/mol. The van der Waals surface area contributed by atoms with Gasteiger partial charge in [0.05, 0.1) is 22.6 Å². The number of nitrogens with one attached hydrogen (secondary N) is 1. The molecule has 4 aromatic rings. The smallest absolute Gasteiger partial charge is 0.257 e. The number of nitrogens with zero attached hydrogens (tertiary/aromatic N) is 2. The molecule has 0 saturated heterocycles. The molecule has 1 N–H and O–H groups in total. The van der Waals surface area contributed by atoms with Crippen LogP contribution in [0.15, 0.2) is 77.6 Å². The molecule has 4 heteroatoms. The molecule has 2 heterocycles. The van der Waals surface area contributed by atoms with E-state index >= 15 is 0 Å². The molecule has 2 aromatic carbocycles. The zero-order valence-electron chi connectivity index (χ0n) is 15.4. The second-order valence-corrected chi connectivity index (χ2v) is 6.56. The molecule has 4 nitrogen and oxygen atoms in total. The van der Waals surface area contributed by atoms with Gasteiger partial charge in [0.25, 0.3) is 5.56 Å². The first-order valence-corrected chi connectivity index (χ1v) is 9.11. The van der Waals surface area contributed by atoms with Gasteiger partial charge >= 0.3 is 0 Å².